The van der Waals surface area contributed by atoms with Gasteiger partial charge in [-0.3, -0.25) is 5.84 Å². The molecule has 0 bridgehead atoms. The molecule has 3 N–H and O–H groups in total. The van der Waals surface area contributed by atoms with E-state index >= 15 is 0 Å². The molecule has 0 aliphatic heterocycles. The number of nitrogens with one attached hydrogen (secondary N) is 1. The average Bonchev–Trinajstić information content (AvgIpc) is 2.33. The van der Waals surface area contributed by atoms with Crippen LogP contribution >= 0.6 is 39.1 Å². The Morgan fingerprint density at radius 1 is 1.05 bits per heavy atom. The lowest BCUT2D eigenvalue weighted by molar-refractivity contribution is 0.636. The molecule has 0 aliphatic carbocycles. The van der Waals surface area contributed by atoms with E-state index in [1.54, 1.807) is 6.07 Å². The van der Waals surface area contributed by atoms with Crippen molar-refractivity contribution in [2.24, 2.45) is 5.84 Å². The van der Waals surface area contributed by atoms with Crippen LogP contribution in [0.4, 0.5) is 0 Å². The Hall–Kier alpha value is -0.580. The molecular weight excluding hydrogens is 347 g/mol. The van der Waals surface area contributed by atoms with Crippen molar-refractivity contribution >= 4 is 39.1 Å². The normalized spacial score (nSPS) is 12.5. The van der Waals surface area contributed by atoms with E-state index in [0.717, 1.165) is 21.2 Å². The molecule has 0 heterocycles. The summed E-state index contributed by atoms with van der Waals surface area (Å²) in [5.41, 5.74) is 6.00. The topological polar surface area (TPSA) is 38.0 Å². The van der Waals surface area contributed by atoms with Crippen LogP contribution in [0, 0.1) is 6.92 Å². The van der Waals surface area contributed by atoms with Gasteiger partial charge in [0, 0.05) is 4.47 Å². The summed E-state index contributed by atoms with van der Waals surface area (Å²) in [5.74, 6) is 5.68. The molecule has 1 atom stereocenters. The lowest BCUT2D eigenvalue weighted by Gasteiger charge is -2.18. The Bertz CT molecular complexity index is 582. The van der Waals surface area contributed by atoms with Crippen molar-refractivity contribution in [3.05, 3.63) is 67.6 Å². The summed E-state index contributed by atoms with van der Waals surface area (Å²) in [5, 5.41) is 1.05. The average molecular weight is 360 g/mol. The Balaban J connectivity index is 2.46. The number of benzene rings is 2. The van der Waals surface area contributed by atoms with Crippen LogP contribution < -0.4 is 11.3 Å². The minimum absolute atomic E-state index is 0.133. The monoisotopic (exact) mass is 358 g/mol. The quantitative estimate of drug-likeness (QED) is 0.620. The van der Waals surface area contributed by atoms with Gasteiger partial charge in [-0.2, -0.15) is 0 Å². The molecule has 0 fully saturated rings. The number of hydrogen-bond acceptors (Lipinski definition) is 2. The van der Waals surface area contributed by atoms with E-state index in [2.05, 4.69) is 27.4 Å². The standard InChI is InChI=1S/C14H13BrCl2N2/c1-8-4-10(6-11(15)5-8)14(19-18)9-2-3-12(16)13(17)7-9/h2-7,14,19H,18H2,1H3. The third-order valence-electron chi connectivity index (χ3n) is 2.84. The highest BCUT2D eigenvalue weighted by Crippen LogP contribution is 2.30. The largest absolute Gasteiger partial charge is 0.271 e. The van der Waals surface area contributed by atoms with Gasteiger partial charge < -0.3 is 0 Å². The molecule has 2 nitrogen and oxygen atoms in total. The summed E-state index contributed by atoms with van der Waals surface area (Å²) in [6.07, 6.45) is 0. The van der Waals surface area contributed by atoms with Crippen LogP contribution in [-0.2, 0) is 0 Å². The number of hydrogen-bond donors (Lipinski definition) is 2. The van der Waals surface area contributed by atoms with Gasteiger partial charge in [-0.25, -0.2) is 5.43 Å². The summed E-state index contributed by atoms with van der Waals surface area (Å²) in [7, 11) is 0. The second-order valence-corrected chi connectivity index (χ2v) is 6.07. The van der Waals surface area contributed by atoms with E-state index in [1.807, 2.05) is 31.2 Å². The van der Waals surface area contributed by atoms with Crippen molar-refractivity contribution in [2.75, 3.05) is 0 Å². The Labute approximate surface area is 131 Å². The van der Waals surface area contributed by atoms with E-state index in [-0.39, 0.29) is 6.04 Å². The first-order valence-corrected chi connectivity index (χ1v) is 7.24. The fourth-order valence-corrected chi connectivity index (χ4v) is 2.94. The smallest absolute Gasteiger partial charge is 0.0711 e. The second-order valence-electron chi connectivity index (χ2n) is 4.34. The maximum absolute atomic E-state index is 6.06. The van der Waals surface area contributed by atoms with Gasteiger partial charge in [-0.05, 0) is 47.9 Å². The fourth-order valence-electron chi connectivity index (χ4n) is 2.01. The number of hydrazine groups is 1. The van der Waals surface area contributed by atoms with E-state index in [0.29, 0.717) is 10.0 Å². The molecule has 0 aliphatic rings. The van der Waals surface area contributed by atoms with Crippen molar-refractivity contribution in [3.63, 3.8) is 0 Å². The molecule has 100 valence electrons. The number of nitrogens with two attached hydrogens (primary N) is 1. The molecule has 0 aromatic heterocycles. The molecule has 0 radical (unpaired) electrons. The first kappa shape index (κ1) is 14.8. The predicted molar refractivity (Wildman–Crippen MR) is 84.5 cm³/mol. The Kier molecular flexibility index (Phi) is 4.87. The van der Waals surface area contributed by atoms with Gasteiger partial charge in [0.2, 0.25) is 0 Å². The zero-order chi connectivity index (χ0) is 14.0. The minimum Gasteiger partial charge on any atom is -0.271 e. The van der Waals surface area contributed by atoms with Gasteiger partial charge in [0.05, 0.1) is 16.1 Å². The highest BCUT2D eigenvalue weighted by atomic mass is 79.9. The molecule has 2 aromatic rings. The third kappa shape index (κ3) is 3.50. The molecule has 0 saturated carbocycles. The summed E-state index contributed by atoms with van der Waals surface area (Å²) < 4.78 is 1.02. The maximum Gasteiger partial charge on any atom is 0.0711 e. The Morgan fingerprint density at radius 3 is 2.37 bits per heavy atom. The molecule has 2 aromatic carbocycles. The summed E-state index contributed by atoms with van der Waals surface area (Å²) >= 11 is 15.5. The van der Waals surface area contributed by atoms with Crippen molar-refractivity contribution in [3.8, 4) is 0 Å². The maximum atomic E-state index is 6.06. The zero-order valence-electron chi connectivity index (χ0n) is 10.3. The number of rotatable bonds is 3. The molecule has 0 spiro atoms. The molecule has 5 heteroatoms. The van der Waals surface area contributed by atoms with Crippen LogP contribution in [0.1, 0.15) is 22.7 Å². The molecule has 0 saturated heterocycles. The minimum atomic E-state index is -0.133. The molecule has 2 rings (SSSR count). The third-order valence-corrected chi connectivity index (χ3v) is 4.04. The molecule has 19 heavy (non-hydrogen) atoms. The van der Waals surface area contributed by atoms with Crippen LogP contribution in [0.25, 0.3) is 0 Å². The van der Waals surface area contributed by atoms with E-state index in [4.69, 9.17) is 29.0 Å². The van der Waals surface area contributed by atoms with E-state index in [1.165, 1.54) is 0 Å². The van der Waals surface area contributed by atoms with E-state index in [9.17, 15) is 0 Å². The van der Waals surface area contributed by atoms with Crippen LogP contribution in [0.5, 0.6) is 0 Å². The first-order chi connectivity index (χ1) is 9.01. The highest BCUT2D eigenvalue weighted by molar-refractivity contribution is 9.10. The van der Waals surface area contributed by atoms with Crippen molar-refractivity contribution in [1.29, 1.82) is 0 Å². The fraction of sp³-hybridized carbons (Fsp3) is 0.143. The number of halogens is 3. The van der Waals surface area contributed by atoms with Gasteiger partial charge >= 0.3 is 0 Å². The lowest BCUT2D eigenvalue weighted by Crippen LogP contribution is -2.28. The van der Waals surface area contributed by atoms with Crippen LogP contribution in [0.2, 0.25) is 10.0 Å². The van der Waals surface area contributed by atoms with Crippen LogP contribution in [0.15, 0.2) is 40.9 Å². The van der Waals surface area contributed by atoms with Gasteiger partial charge in [-0.15, -0.1) is 0 Å². The lowest BCUT2D eigenvalue weighted by atomic mass is 9.98. The summed E-state index contributed by atoms with van der Waals surface area (Å²) in [6, 6.07) is 11.5. The molecule has 1 unspecified atom stereocenters. The predicted octanol–water partition coefficient (Wildman–Crippen LogP) is 4.62. The summed E-state index contributed by atoms with van der Waals surface area (Å²) in [6.45, 7) is 2.04. The first-order valence-electron chi connectivity index (χ1n) is 5.69. The van der Waals surface area contributed by atoms with Crippen molar-refractivity contribution in [2.45, 2.75) is 13.0 Å². The van der Waals surface area contributed by atoms with Crippen LogP contribution in [0.3, 0.4) is 0 Å². The number of aryl methyl sites for hydroxylation is 1. The highest BCUT2D eigenvalue weighted by Gasteiger charge is 2.14. The molecule has 0 amide bonds. The zero-order valence-corrected chi connectivity index (χ0v) is 13.4. The second kappa shape index (κ2) is 6.25. The Morgan fingerprint density at radius 2 is 1.79 bits per heavy atom. The van der Waals surface area contributed by atoms with Crippen molar-refractivity contribution in [1.82, 2.24) is 5.43 Å². The SMILES string of the molecule is Cc1cc(Br)cc(C(NN)c2ccc(Cl)c(Cl)c2)c1. The summed E-state index contributed by atoms with van der Waals surface area (Å²) in [4.78, 5) is 0. The van der Waals surface area contributed by atoms with Gasteiger partial charge in [0.25, 0.3) is 0 Å². The van der Waals surface area contributed by atoms with Crippen LogP contribution in [-0.4, -0.2) is 0 Å². The van der Waals surface area contributed by atoms with Gasteiger partial charge in [-0.1, -0.05) is 51.3 Å². The molecular formula is C14H13BrCl2N2. The van der Waals surface area contributed by atoms with E-state index < -0.39 is 0 Å². The van der Waals surface area contributed by atoms with Gasteiger partial charge in [0.15, 0.2) is 0 Å². The van der Waals surface area contributed by atoms with Crippen molar-refractivity contribution < 1.29 is 0 Å². The van der Waals surface area contributed by atoms with Gasteiger partial charge in [0.1, 0.15) is 0 Å².